The van der Waals surface area contributed by atoms with Gasteiger partial charge in [-0.25, -0.2) is 0 Å². The Bertz CT molecular complexity index is 669. The van der Waals surface area contributed by atoms with Crippen LogP contribution in [0.4, 0.5) is 5.69 Å². The van der Waals surface area contributed by atoms with Crippen molar-refractivity contribution in [1.29, 1.82) is 5.26 Å². The number of nitrogens with zero attached hydrogens (tertiary/aromatic N) is 2. The van der Waals surface area contributed by atoms with Crippen molar-refractivity contribution in [1.82, 2.24) is 9.88 Å². The highest BCUT2D eigenvalue weighted by Crippen LogP contribution is 2.10. The Labute approximate surface area is 130 Å². The predicted octanol–water partition coefficient (Wildman–Crippen LogP) is 2.43. The average Bonchev–Trinajstić information content (AvgIpc) is 2.98. The van der Waals surface area contributed by atoms with E-state index in [1.54, 1.807) is 6.07 Å². The SMILES string of the molecule is N#Cc1cccn1CCCCC(=O)NCc1ccccc1N. The summed E-state index contributed by atoms with van der Waals surface area (Å²) < 4.78 is 1.91. The van der Waals surface area contributed by atoms with E-state index in [1.165, 1.54) is 0 Å². The standard InChI is InChI=1S/C17H20N4O/c18-12-15-7-5-11-21(15)10-4-3-9-17(22)20-13-14-6-1-2-8-16(14)19/h1-2,5-8,11H,3-4,9-10,13,19H2,(H,20,22). The number of carbonyl (C=O) groups is 1. The van der Waals surface area contributed by atoms with Crippen molar-refractivity contribution in [2.45, 2.75) is 32.4 Å². The number of nitriles is 1. The molecule has 0 aliphatic carbocycles. The zero-order valence-electron chi connectivity index (χ0n) is 12.5. The summed E-state index contributed by atoms with van der Waals surface area (Å²) in [6.45, 7) is 1.22. The van der Waals surface area contributed by atoms with Gasteiger partial charge >= 0.3 is 0 Å². The normalized spacial score (nSPS) is 10.1. The molecule has 5 nitrogen and oxygen atoms in total. The zero-order valence-corrected chi connectivity index (χ0v) is 12.5. The molecule has 2 rings (SSSR count). The van der Waals surface area contributed by atoms with Crippen LogP contribution in [0.15, 0.2) is 42.6 Å². The van der Waals surface area contributed by atoms with E-state index in [1.807, 2.05) is 41.1 Å². The minimum atomic E-state index is 0.0243. The van der Waals surface area contributed by atoms with Gasteiger partial charge in [-0.05, 0) is 36.6 Å². The lowest BCUT2D eigenvalue weighted by Gasteiger charge is -2.08. The van der Waals surface area contributed by atoms with E-state index in [0.717, 1.165) is 24.9 Å². The van der Waals surface area contributed by atoms with Gasteiger partial charge in [-0.1, -0.05) is 18.2 Å². The molecule has 0 saturated carbocycles. The highest BCUT2D eigenvalue weighted by molar-refractivity contribution is 5.76. The van der Waals surface area contributed by atoms with E-state index < -0.39 is 0 Å². The van der Waals surface area contributed by atoms with Gasteiger partial charge in [-0.2, -0.15) is 5.26 Å². The Morgan fingerprint density at radius 3 is 2.82 bits per heavy atom. The van der Waals surface area contributed by atoms with Gasteiger partial charge in [0.2, 0.25) is 5.91 Å². The van der Waals surface area contributed by atoms with Crippen LogP contribution < -0.4 is 11.1 Å². The molecule has 0 atom stereocenters. The molecule has 0 radical (unpaired) electrons. The summed E-state index contributed by atoms with van der Waals surface area (Å²) in [7, 11) is 0. The van der Waals surface area contributed by atoms with E-state index in [4.69, 9.17) is 11.0 Å². The molecule has 22 heavy (non-hydrogen) atoms. The van der Waals surface area contributed by atoms with E-state index in [0.29, 0.717) is 24.3 Å². The average molecular weight is 296 g/mol. The fourth-order valence-electron chi connectivity index (χ4n) is 2.26. The first-order valence-corrected chi connectivity index (χ1v) is 7.36. The monoisotopic (exact) mass is 296 g/mol. The minimum Gasteiger partial charge on any atom is -0.398 e. The van der Waals surface area contributed by atoms with Gasteiger partial charge in [-0.15, -0.1) is 0 Å². The highest BCUT2D eigenvalue weighted by atomic mass is 16.1. The lowest BCUT2D eigenvalue weighted by molar-refractivity contribution is -0.121. The molecule has 0 aliphatic rings. The summed E-state index contributed by atoms with van der Waals surface area (Å²) in [5.74, 6) is 0.0243. The van der Waals surface area contributed by atoms with Gasteiger partial charge in [0.15, 0.2) is 0 Å². The number of nitrogen functional groups attached to an aromatic ring is 1. The van der Waals surface area contributed by atoms with E-state index in [-0.39, 0.29) is 5.91 Å². The number of amides is 1. The third-order valence-electron chi connectivity index (χ3n) is 3.53. The molecule has 5 heteroatoms. The summed E-state index contributed by atoms with van der Waals surface area (Å²) in [5.41, 5.74) is 8.11. The maximum absolute atomic E-state index is 11.8. The van der Waals surface area contributed by atoms with Crippen molar-refractivity contribution in [3.63, 3.8) is 0 Å². The van der Waals surface area contributed by atoms with Gasteiger partial charge < -0.3 is 15.6 Å². The van der Waals surface area contributed by atoms with Crippen molar-refractivity contribution in [3.05, 3.63) is 53.9 Å². The first-order chi connectivity index (χ1) is 10.7. The Morgan fingerprint density at radius 1 is 1.23 bits per heavy atom. The summed E-state index contributed by atoms with van der Waals surface area (Å²) in [5, 5.41) is 11.8. The number of nitrogens with one attached hydrogen (secondary N) is 1. The number of para-hydroxylation sites is 1. The Balaban J connectivity index is 1.66. The van der Waals surface area contributed by atoms with Crippen LogP contribution in [0.3, 0.4) is 0 Å². The van der Waals surface area contributed by atoms with Crippen molar-refractivity contribution in [3.8, 4) is 6.07 Å². The van der Waals surface area contributed by atoms with E-state index in [2.05, 4.69) is 11.4 Å². The minimum absolute atomic E-state index is 0.0243. The van der Waals surface area contributed by atoms with Crippen LogP contribution in [0.2, 0.25) is 0 Å². The molecule has 0 unspecified atom stereocenters. The van der Waals surface area contributed by atoms with Crippen molar-refractivity contribution in [2.24, 2.45) is 0 Å². The topological polar surface area (TPSA) is 83.8 Å². The molecular weight excluding hydrogens is 276 g/mol. The van der Waals surface area contributed by atoms with Crippen molar-refractivity contribution < 1.29 is 4.79 Å². The third-order valence-corrected chi connectivity index (χ3v) is 3.53. The maximum atomic E-state index is 11.8. The third kappa shape index (κ3) is 4.38. The first-order valence-electron chi connectivity index (χ1n) is 7.36. The summed E-state index contributed by atoms with van der Waals surface area (Å²) >= 11 is 0. The van der Waals surface area contributed by atoms with Crippen LogP contribution in [0.25, 0.3) is 0 Å². The van der Waals surface area contributed by atoms with E-state index >= 15 is 0 Å². The lowest BCUT2D eigenvalue weighted by Crippen LogP contribution is -2.23. The molecule has 1 heterocycles. The quantitative estimate of drug-likeness (QED) is 0.608. The number of aromatic nitrogens is 1. The summed E-state index contributed by atoms with van der Waals surface area (Å²) in [4.78, 5) is 11.8. The fourth-order valence-corrected chi connectivity index (χ4v) is 2.26. The fraction of sp³-hybridized carbons (Fsp3) is 0.294. The molecule has 1 amide bonds. The van der Waals surface area contributed by atoms with Crippen LogP contribution in [0.1, 0.15) is 30.5 Å². The molecule has 0 bridgehead atoms. The highest BCUT2D eigenvalue weighted by Gasteiger charge is 2.04. The predicted molar refractivity (Wildman–Crippen MR) is 85.7 cm³/mol. The van der Waals surface area contributed by atoms with E-state index in [9.17, 15) is 4.79 Å². The Kier molecular flexibility index (Phi) is 5.61. The Hall–Kier alpha value is -2.74. The number of benzene rings is 1. The lowest BCUT2D eigenvalue weighted by atomic mass is 10.1. The first kappa shape index (κ1) is 15.6. The van der Waals surface area contributed by atoms with Crippen LogP contribution in [-0.2, 0) is 17.9 Å². The van der Waals surface area contributed by atoms with Gasteiger partial charge in [0.05, 0.1) is 0 Å². The molecule has 0 saturated heterocycles. The van der Waals surface area contributed by atoms with Crippen LogP contribution in [0, 0.1) is 11.3 Å². The molecule has 0 spiro atoms. The molecule has 114 valence electrons. The maximum Gasteiger partial charge on any atom is 0.220 e. The molecule has 1 aromatic heterocycles. The summed E-state index contributed by atoms with van der Waals surface area (Å²) in [6, 6.07) is 13.3. The number of hydrogen-bond acceptors (Lipinski definition) is 3. The number of unbranched alkanes of at least 4 members (excludes halogenated alkanes) is 1. The zero-order chi connectivity index (χ0) is 15.8. The molecule has 3 N–H and O–H groups in total. The number of anilines is 1. The van der Waals surface area contributed by atoms with Crippen LogP contribution in [0.5, 0.6) is 0 Å². The van der Waals surface area contributed by atoms with Gasteiger partial charge in [0.1, 0.15) is 11.8 Å². The molecule has 0 aliphatic heterocycles. The van der Waals surface area contributed by atoms with Gasteiger partial charge in [0, 0.05) is 31.4 Å². The summed E-state index contributed by atoms with van der Waals surface area (Å²) in [6.07, 6.45) is 4.02. The molecule has 1 aromatic carbocycles. The second-order valence-electron chi connectivity index (χ2n) is 5.13. The number of aryl methyl sites for hydroxylation is 1. The molecule has 0 fully saturated rings. The van der Waals surface area contributed by atoms with Gasteiger partial charge in [-0.3, -0.25) is 4.79 Å². The number of hydrogen-bond donors (Lipinski definition) is 2. The van der Waals surface area contributed by atoms with Crippen LogP contribution >= 0.6 is 0 Å². The van der Waals surface area contributed by atoms with Gasteiger partial charge in [0.25, 0.3) is 0 Å². The van der Waals surface area contributed by atoms with Crippen molar-refractivity contribution in [2.75, 3.05) is 5.73 Å². The van der Waals surface area contributed by atoms with Crippen LogP contribution in [-0.4, -0.2) is 10.5 Å². The smallest absolute Gasteiger partial charge is 0.220 e. The number of rotatable bonds is 7. The molecular formula is C17H20N4O. The largest absolute Gasteiger partial charge is 0.398 e. The number of carbonyl (C=O) groups excluding carboxylic acids is 1. The van der Waals surface area contributed by atoms with Crippen molar-refractivity contribution >= 4 is 11.6 Å². The molecule has 2 aromatic rings. The number of nitrogens with two attached hydrogens (primary N) is 1. The Morgan fingerprint density at radius 2 is 2.05 bits per heavy atom. The second kappa shape index (κ2) is 7.89. The second-order valence-corrected chi connectivity index (χ2v) is 5.13.